The molecule has 5 heteroatoms. The zero-order valence-corrected chi connectivity index (χ0v) is 10.7. The van der Waals surface area contributed by atoms with Gasteiger partial charge in [-0.2, -0.15) is 0 Å². The van der Waals surface area contributed by atoms with Crippen molar-refractivity contribution in [3.8, 4) is 0 Å². The maximum absolute atomic E-state index is 12.1. The van der Waals surface area contributed by atoms with Gasteiger partial charge in [-0.05, 0) is 25.7 Å². The van der Waals surface area contributed by atoms with Crippen molar-refractivity contribution in [1.29, 1.82) is 0 Å². The minimum absolute atomic E-state index is 0.0136. The van der Waals surface area contributed by atoms with Crippen molar-refractivity contribution in [2.24, 2.45) is 5.92 Å². The zero-order chi connectivity index (χ0) is 12.8. The van der Waals surface area contributed by atoms with Crippen LogP contribution in [0, 0.1) is 5.92 Å². The van der Waals surface area contributed by atoms with Gasteiger partial charge in [0.2, 0.25) is 0 Å². The molecule has 1 rings (SSSR count). The summed E-state index contributed by atoms with van der Waals surface area (Å²) >= 11 is 0. The van der Waals surface area contributed by atoms with Gasteiger partial charge >= 0.3 is 12.0 Å². The minimum atomic E-state index is -0.858. The van der Waals surface area contributed by atoms with Crippen molar-refractivity contribution in [3.63, 3.8) is 0 Å². The number of rotatable bonds is 4. The van der Waals surface area contributed by atoms with E-state index in [0.717, 1.165) is 19.5 Å². The van der Waals surface area contributed by atoms with Gasteiger partial charge < -0.3 is 14.9 Å². The Morgan fingerprint density at radius 1 is 1.47 bits per heavy atom. The molecular formula is C12H22N2O3. The van der Waals surface area contributed by atoms with E-state index >= 15 is 0 Å². The van der Waals surface area contributed by atoms with Crippen molar-refractivity contribution in [2.45, 2.75) is 33.1 Å². The lowest BCUT2D eigenvalue weighted by Gasteiger charge is -2.35. The summed E-state index contributed by atoms with van der Waals surface area (Å²) in [5, 5.41) is 8.64. The highest BCUT2D eigenvalue weighted by atomic mass is 16.4. The van der Waals surface area contributed by atoms with Gasteiger partial charge in [-0.25, -0.2) is 4.79 Å². The van der Waals surface area contributed by atoms with E-state index in [9.17, 15) is 9.59 Å². The van der Waals surface area contributed by atoms with Gasteiger partial charge in [-0.15, -0.1) is 0 Å². The lowest BCUT2D eigenvalue weighted by molar-refractivity contribution is -0.137. The Morgan fingerprint density at radius 3 is 2.71 bits per heavy atom. The van der Waals surface area contributed by atoms with Gasteiger partial charge in [0.1, 0.15) is 0 Å². The van der Waals surface area contributed by atoms with Crippen LogP contribution in [-0.4, -0.2) is 53.1 Å². The van der Waals surface area contributed by atoms with Gasteiger partial charge in [0, 0.05) is 26.2 Å². The average Bonchev–Trinajstić information content (AvgIpc) is 2.29. The highest BCUT2D eigenvalue weighted by Crippen LogP contribution is 2.16. The van der Waals surface area contributed by atoms with Gasteiger partial charge in [-0.1, -0.05) is 6.92 Å². The third kappa shape index (κ3) is 4.24. The van der Waals surface area contributed by atoms with Crippen LogP contribution in [0.3, 0.4) is 0 Å². The molecule has 0 aromatic heterocycles. The number of hydrogen-bond acceptors (Lipinski definition) is 2. The Morgan fingerprint density at radius 2 is 2.18 bits per heavy atom. The van der Waals surface area contributed by atoms with E-state index in [1.54, 1.807) is 4.90 Å². The number of piperidine rings is 1. The Labute approximate surface area is 102 Å². The minimum Gasteiger partial charge on any atom is -0.481 e. The Kier molecular flexibility index (Phi) is 5.25. The normalized spacial score (nSPS) is 20.1. The third-order valence-corrected chi connectivity index (χ3v) is 3.18. The average molecular weight is 242 g/mol. The molecule has 0 bridgehead atoms. The van der Waals surface area contributed by atoms with Crippen LogP contribution >= 0.6 is 0 Å². The predicted octanol–water partition coefficient (Wildman–Crippen LogP) is 1.63. The number of nitrogens with zero attached hydrogens (tertiary/aromatic N) is 2. The molecule has 0 aromatic rings. The molecule has 1 aliphatic rings. The highest BCUT2D eigenvalue weighted by Gasteiger charge is 2.24. The third-order valence-electron chi connectivity index (χ3n) is 3.18. The number of carboxylic acids is 1. The van der Waals surface area contributed by atoms with Crippen molar-refractivity contribution >= 4 is 12.0 Å². The second-order valence-electron chi connectivity index (χ2n) is 4.70. The second-order valence-corrected chi connectivity index (χ2v) is 4.70. The molecule has 1 heterocycles. The van der Waals surface area contributed by atoms with Crippen LogP contribution in [0.4, 0.5) is 4.79 Å². The molecule has 0 spiro atoms. The molecule has 1 aliphatic heterocycles. The summed E-state index contributed by atoms with van der Waals surface area (Å²) < 4.78 is 0. The van der Waals surface area contributed by atoms with E-state index in [1.165, 1.54) is 6.42 Å². The second kappa shape index (κ2) is 6.47. The number of urea groups is 1. The summed E-state index contributed by atoms with van der Waals surface area (Å²) in [6, 6.07) is -0.0136. The Bertz CT molecular complexity index is 281. The molecule has 1 saturated heterocycles. The maximum Gasteiger partial charge on any atom is 0.320 e. The van der Waals surface area contributed by atoms with Crippen molar-refractivity contribution in [3.05, 3.63) is 0 Å². The van der Waals surface area contributed by atoms with Gasteiger partial charge in [0.25, 0.3) is 0 Å². The summed E-state index contributed by atoms with van der Waals surface area (Å²) in [5.74, 6) is -0.311. The molecule has 1 atom stereocenters. The van der Waals surface area contributed by atoms with Gasteiger partial charge in [0.15, 0.2) is 0 Å². The molecule has 17 heavy (non-hydrogen) atoms. The number of aliphatic carboxylic acids is 1. The highest BCUT2D eigenvalue weighted by molar-refractivity contribution is 5.75. The molecule has 2 amide bonds. The summed E-state index contributed by atoms with van der Waals surface area (Å²) in [7, 11) is 0. The van der Waals surface area contributed by atoms with E-state index in [2.05, 4.69) is 6.92 Å². The van der Waals surface area contributed by atoms with E-state index in [4.69, 9.17) is 5.11 Å². The van der Waals surface area contributed by atoms with E-state index < -0.39 is 5.97 Å². The van der Waals surface area contributed by atoms with Crippen LogP contribution in [0.15, 0.2) is 0 Å². The molecule has 0 saturated carbocycles. The maximum atomic E-state index is 12.1. The Hall–Kier alpha value is -1.26. The van der Waals surface area contributed by atoms with Gasteiger partial charge in [-0.3, -0.25) is 4.79 Å². The molecular weight excluding hydrogens is 220 g/mol. The summed E-state index contributed by atoms with van der Waals surface area (Å²) in [6.07, 6.45) is 2.23. The van der Waals surface area contributed by atoms with Crippen LogP contribution in [0.1, 0.15) is 33.1 Å². The first kappa shape index (κ1) is 13.8. The van der Waals surface area contributed by atoms with Crippen LogP contribution < -0.4 is 0 Å². The summed E-state index contributed by atoms with van der Waals surface area (Å²) in [4.78, 5) is 26.1. The molecule has 0 radical (unpaired) electrons. The first-order chi connectivity index (χ1) is 8.04. The van der Waals surface area contributed by atoms with Crippen molar-refractivity contribution in [1.82, 2.24) is 9.80 Å². The fraction of sp³-hybridized carbons (Fsp3) is 0.833. The fourth-order valence-electron chi connectivity index (χ4n) is 2.18. The number of likely N-dealkylation sites (tertiary alicyclic amines) is 1. The lowest BCUT2D eigenvalue weighted by Crippen LogP contribution is -2.47. The monoisotopic (exact) mass is 242 g/mol. The lowest BCUT2D eigenvalue weighted by atomic mass is 10.0. The Balaban J connectivity index is 2.49. The number of carbonyl (C=O) groups is 2. The van der Waals surface area contributed by atoms with Crippen molar-refractivity contribution < 1.29 is 14.7 Å². The summed E-state index contributed by atoms with van der Waals surface area (Å²) in [5.41, 5.74) is 0. The first-order valence-electron chi connectivity index (χ1n) is 6.30. The quantitative estimate of drug-likeness (QED) is 0.815. The van der Waals surface area contributed by atoms with Crippen molar-refractivity contribution in [2.75, 3.05) is 26.2 Å². The number of carboxylic acid groups (broad SMARTS) is 1. The van der Waals surface area contributed by atoms with Crippen LogP contribution in [0.5, 0.6) is 0 Å². The summed E-state index contributed by atoms with van der Waals surface area (Å²) in [6.45, 7) is 6.49. The smallest absolute Gasteiger partial charge is 0.320 e. The molecule has 5 nitrogen and oxygen atoms in total. The molecule has 98 valence electrons. The molecule has 1 fully saturated rings. The standard InChI is InChI=1S/C12H22N2O3/c1-3-13(8-6-11(15)16)12(17)14-7-4-5-10(2)9-14/h10H,3-9H2,1-2H3,(H,15,16). The molecule has 1 N–H and O–H groups in total. The van der Waals surface area contributed by atoms with Gasteiger partial charge in [0.05, 0.1) is 6.42 Å². The number of amides is 2. The zero-order valence-electron chi connectivity index (χ0n) is 10.7. The first-order valence-corrected chi connectivity index (χ1v) is 6.30. The number of hydrogen-bond donors (Lipinski definition) is 1. The molecule has 0 aromatic carbocycles. The van der Waals surface area contributed by atoms with Crippen LogP contribution in [-0.2, 0) is 4.79 Å². The van der Waals surface area contributed by atoms with Crippen LogP contribution in [0.25, 0.3) is 0 Å². The largest absolute Gasteiger partial charge is 0.481 e. The van der Waals surface area contributed by atoms with Crippen LogP contribution in [0.2, 0.25) is 0 Å². The number of carbonyl (C=O) groups excluding carboxylic acids is 1. The predicted molar refractivity (Wildman–Crippen MR) is 64.9 cm³/mol. The topological polar surface area (TPSA) is 60.9 Å². The van der Waals surface area contributed by atoms with E-state index in [-0.39, 0.29) is 12.5 Å². The fourth-order valence-corrected chi connectivity index (χ4v) is 2.18. The van der Waals surface area contributed by atoms with E-state index in [1.807, 2.05) is 11.8 Å². The SMILES string of the molecule is CCN(CCC(=O)O)C(=O)N1CCCC(C)C1. The molecule has 1 unspecified atom stereocenters. The van der Waals surface area contributed by atoms with E-state index in [0.29, 0.717) is 19.0 Å². The molecule has 0 aliphatic carbocycles.